The molecule has 0 spiro atoms. The normalized spacial score (nSPS) is 15.7. The number of ether oxygens (including phenoxy) is 1. The number of rotatable bonds is 7. The van der Waals surface area contributed by atoms with E-state index in [4.69, 9.17) is 11.2 Å². The fourth-order valence-corrected chi connectivity index (χ4v) is 1.73. The van der Waals surface area contributed by atoms with E-state index in [-0.39, 0.29) is 5.66 Å². The van der Waals surface area contributed by atoms with E-state index in [9.17, 15) is 4.79 Å². The Hall–Kier alpha value is -1.83. The van der Waals surface area contributed by atoms with Crippen LogP contribution in [0.25, 0.3) is 0 Å². The Bertz CT molecular complexity index is 444. The third-order valence-electron chi connectivity index (χ3n) is 2.99. The Morgan fingerprint density at radius 2 is 2.00 bits per heavy atom. The first-order valence-corrected chi connectivity index (χ1v) is 5.94. The molecule has 1 aliphatic rings. The van der Waals surface area contributed by atoms with Gasteiger partial charge in [0.1, 0.15) is 12.0 Å². The summed E-state index contributed by atoms with van der Waals surface area (Å²) in [5, 5.41) is 0. The summed E-state index contributed by atoms with van der Waals surface area (Å²) in [6, 6.07) is 7.07. The van der Waals surface area contributed by atoms with Gasteiger partial charge >= 0.3 is 0 Å². The maximum Gasteiger partial charge on any atom is 0.150 e. The first-order chi connectivity index (χ1) is 8.78. The Morgan fingerprint density at radius 1 is 1.28 bits per heavy atom. The second-order valence-electron chi connectivity index (χ2n) is 4.32. The van der Waals surface area contributed by atoms with Crippen LogP contribution >= 0.6 is 0 Å². The van der Waals surface area contributed by atoms with Gasteiger partial charge in [-0.2, -0.15) is 0 Å². The molecule has 1 aromatic rings. The number of hydrazine groups is 1. The lowest BCUT2D eigenvalue weighted by molar-refractivity contribution is 0.112. The Kier molecular flexibility index (Phi) is 3.98. The molecule has 0 bridgehead atoms. The van der Waals surface area contributed by atoms with Crippen molar-refractivity contribution in [2.45, 2.75) is 24.9 Å². The quantitative estimate of drug-likeness (QED) is 0.433. The zero-order chi connectivity index (χ0) is 12.8. The molecule has 0 amide bonds. The van der Waals surface area contributed by atoms with Gasteiger partial charge in [-0.15, -0.1) is 12.3 Å². The third kappa shape index (κ3) is 3.33. The average Bonchev–Trinajstić information content (AvgIpc) is 3.18. The second-order valence-corrected chi connectivity index (χ2v) is 4.32. The topological polar surface area (TPSA) is 70.2 Å². The first kappa shape index (κ1) is 12.6. The molecule has 2 rings (SSSR count). The van der Waals surface area contributed by atoms with Crippen LogP contribution in [0.2, 0.25) is 0 Å². The van der Waals surface area contributed by atoms with Crippen LogP contribution in [0.5, 0.6) is 5.75 Å². The number of aldehydes is 1. The molecule has 1 saturated heterocycles. The second kappa shape index (κ2) is 5.67. The number of carbonyl (C=O) groups is 1. The van der Waals surface area contributed by atoms with Crippen molar-refractivity contribution in [1.29, 1.82) is 0 Å². The summed E-state index contributed by atoms with van der Waals surface area (Å²) in [6.45, 7) is 0.602. The smallest absolute Gasteiger partial charge is 0.150 e. The highest BCUT2D eigenvalue weighted by atomic mass is 16.5. The van der Waals surface area contributed by atoms with Gasteiger partial charge in [0.2, 0.25) is 0 Å². The van der Waals surface area contributed by atoms with E-state index in [1.165, 1.54) is 0 Å². The lowest BCUT2D eigenvalue weighted by Gasteiger charge is -2.11. The van der Waals surface area contributed by atoms with Crippen LogP contribution < -0.4 is 15.6 Å². The maximum atomic E-state index is 10.5. The van der Waals surface area contributed by atoms with E-state index in [0.29, 0.717) is 12.2 Å². The highest BCUT2D eigenvalue weighted by Crippen LogP contribution is 2.22. The minimum absolute atomic E-state index is 0.0465. The van der Waals surface area contributed by atoms with Crippen molar-refractivity contribution in [1.82, 2.24) is 10.9 Å². The molecular weight excluding hydrogens is 228 g/mol. The summed E-state index contributed by atoms with van der Waals surface area (Å²) in [4.78, 5) is 10.5. The third-order valence-corrected chi connectivity index (χ3v) is 2.99. The summed E-state index contributed by atoms with van der Waals surface area (Å²) in [7, 11) is 0. The van der Waals surface area contributed by atoms with Crippen LogP contribution in [-0.4, -0.2) is 18.6 Å². The van der Waals surface area contributed by atoms with Gasteiger partial charge < -0.3 is 4.74 Å². The van der Waals surface area contributed by atoms with Gasteiger partial charge in [0.05, 0.1) is 12.3 Å². The van der Waals surface area contributed by atoms with Crippen LogP contribution in [0, 0.1) is 12.3 Å². The maximum absolute atomic E-state index is 10.5. The van der Waals surface area contributed by atoms with E-state index in [2.05, 4.69) is 16.8 Å². The molecule has 0 unspecified atom stereocenters. The molecule has 0 atom stereocenters. The van der Waals surface area contributed by atoms with E-state index in [1.807, 2.05) is 0 Å². The number of hydrogen-bond donors (Lipinski definition) is 2. The summed E-state index contributed by atoms with van der Waals surface area (Å²) in [5.74, 6) is 3.40. The van der Waals surface area contributed by atoms with E-state index in [1.54, 1.807) is 24.3 Å². The van der Waals surface area contributed by atoms with Crippen molar-refractivity contribution in [2.75, 3.05) is 6.61 Å². The number of nitrogens with one attached hydrogen (secondary N) is 2. The monoisotopic (exact) mass is 244 g/mol. The van der Waals surface area contributed by atoms with Crippen LogP contribution in [0.15, 0.2) is 24.3 Å². The summed E-state index contributed by atoms with van der Waals surface area (Å²) in [6.07, 6.45) is 8.56. The molecule has 0 radical (unpaired) electrons. The van der Waals surface area contributed by atoms with Gasteiger partial charge in [-0.1, -0.05) is 0 Å². The van der Waals surface area contributed by atoms with Crippen LogP contribution in [0.3, 0.4) is 0 Å². The molecule has 1 fully saturated rings. The highest BCUT2D eigenvalue weighted by molar-refractivity contribution is 5.74. The van der Waals surface area contributed by atoms with Gasteiger partial charge in [-0.3, -0.25) is 4.79 Å². The first-order valence-electron chi connectivity index (χ1n) is 5.94. The van der Waals surface area contributed by atoms with Crippen LogP contribution in [-0.2, 0) is 0 Å². The van der Waals surface area contributed by atoms with Gasteiger partial charge in [0.15, 0.2) is 0 Å². The fraction of sp³-hybridized carbons (Fsp3) is 0.357. The Morgan fingerprint density at radius 3 is 2.56 bits per heavy atom. The average molecular weight is 244 g/mol. The molecule has 4 nitrogen and oxygen atoms in total. The standard InChI is InChI=1S/C14H16N2O2/c1-2-3-8-14(15-16-14)9-10-18-13-6-4-12(11-17)5-7-13/h1,4-7,11,15-16H,3,8-10H2. The molecule has 1 aromatic carbocycles. The largest absolute Gasteiger partial charge is 0.493 e. The molecule has 94 valence electrons. The lowest BCUT2D eigenvalue weighted by Crippen LogP contribution is -2.21. The Labute approximate surface area is 107 Å². The molecule has 0 aliphatic carbocycles. The van der Waals surface area contributed by atoms with Crippen LogP contribution in [0.1, 0.15) is 29.6 Å². The molecular formula is C14H16N2O2. The predicted octanol–water partition coefficient (Wildman–Crippen LogP) is 1.49. The molecule has 0 saturated carbocycles. The van der Waals surface area contributed by atoms with E-state index in [0.717, 1.165) is 31.3 Å². The van der Waals surface area contributed by atoms with E-state index >= 15 is 0 Å². The molecule has 2 N–H and O–H groups in total. The van der Waals surface area contributed by atoms with Gasteiger partial charge in [0, 0.05) is 18.4 Å². The number of carbonyl (C=O) groups excluding carboxylic acids is 1. The van der Waals surface area contributed by atoms with Crippen molar-refractivity contribution < 1.29 is 9.53 Å². The zero-order valence-corrected chi connectivity index (χ0v) is 10.1. The minimum atomic E-state index is -0.0465. The highest BCUT2D eigenvalue weighted by Gasteiger charge is 2.40. The van der Waals surface area contributed by atoms with E-state index < -0.39 is 0 Å². The summed E-state index contributed by atoms with van der Waals surface area (Å²) >= 11 is 0. The van der Waals surface area contributed by atoms with Crippen molar-refractivity contribution in [3.8, 4) is 18.1 Å². The van der Waals surface area contributed by atoms with Crippen molar-refractivity contribution in [3.63, 3.8) is 0 Å². The number of terminal acetylenes is 1. The predicted molar refractivity (Wildman–Crippen MR) is 69.0 cm³/mol. The molecule has 4 heteroatoms. The van der Waals surface area contributed by atoms with Gasteiger partial charge in [-0.05, 0) is 30.7 Å². The number of hydrogen-bond acceptors (Lipinski definition) is 4. The summed E-state index contributed by atoms with van der Waals surface area (Å²) < 4.78 is 5.61. The summed E-state index contributed by atoms with van der Waals surface area (Å²) in [5.41, 5.74) is 6.84. The Balaban J connectivity index is 1.75. The number of benzene rings is 1. The SMILES string of the molecule is C#CCCC1(CCOc2ccc(C=O)cc2)NN1. The molecule has 1 aliphatic heterocycles. The van der Waals surface area contributed by atoms with Crippen molar-refractivity contribution in [2.24, 2.45) is 0 Å². The fourth-order valence-electron chi connectivity index (χ4n) is 1.73. The van der Waals surface area contributed by atoms with Crippen molar-refractivity contribution in [3.05, 3.63) is 29.8 Å². The molecule has 1 heterocycles. The molecule has 18 heavy (non-hydrogen) atoms. The molecule has 0 aromatic heterocycles. The zero-order valence-electron chi connectivity index (χ0n) is 10.1. The van der Waals surface area contributed by atoms with Crippen molar-refractivity contribution >= 4 is 6.29 Å². The van der Waals surface area contributed by atoms with Gasteiger partial charge in [-0.25, -0.2) is 10.9 Å². The van der Waals surface area contributed by atoms with Crippen LogP contribution in [0.4, 0.5) is 0 Å². The van der Waals surface area contributed by atoms with Gasteiger partial charge in [0.25, 0.3) is 0 Å². The minimum Gasteiger partial charge on any atom is -0.493 e. The lowest BCUT2D eigenvalue weighted by atomic mass is 10.1.